The number of nitrogens with one attached hydrogen (secondary N) is 1. The Labute approximate surface area is 102 Å². The molecule has 3 heteroatoms. The van der Waals surface area contributed by atoms with Crippen molar-refractivity contribution in [2.24, 2.45) is 0 Å². The molecule has 88 valence electrons. The van der Waals surface area contributed by atoms with Gasteiger partial charge in [-0.15, -0.1) is 0 Å². The number of hydrogen-bond acceptors (Lipinski definition) is 2. The second kappa shape index (κ2) is 5.55. The van der Waals surface area contributed by atoms with Gasteiger partial charge in [-0.25, -0.2) is 0 Å². The van der Waals surface area contributed by atoms with Crippen LogP contribution in [0.15, 0.2) is 28.4 Å². The normalized spacial score (nSPS) is 18.2. The highest BCUT2D eigenvalue weighted by Gasteiger charge is 2.21. The van der Waals surface area contributed by atoms with E-state index in [9.17, 15) is 0 Å². The van der Waals surface area contributed by atoms with Crippen LogP contribution in [-0.2, 0) is 0 Å². The summed E-state index contributed by atoms with van der Waals surface area (Å²) >= 11 is 6.06. The zero-order valence-corrected chi connectivity index (χ0v) is 10.4. The van der Waals surface area contributed by atoms with E-state index >= 15 is 0 Å². The third kappa shape index (κ3) is 2.50. The molecule has 1 heterocycles. The van der Waals surface area contributed by atoms with E-state index in [0.29, 0.717) is 5.22 Å². The van der Waals surface area contributed by atoms with Crippen molar-refractivity contribution in [1.82, 2.24) is 5.32 Å². The molecule has 0 aliphatic heterocycles. The first-order valence-corrected chi connectivity index (χ1v) is 6.36. The van der Waals surface area contributed by atoms with Crippen LogP contribution in [0, 0.1) is 0 Å². The molecule has 0 fully saturated rings. The van der Waals surface area contributed by atoms with Gasteiger partial charge in [0, 0.05) is 5.56 Å². The van der Waals surface area contributed by atoms with Gasteiger partial charge in [0.25, 0.3) is 0 Å². The Hall–Kier alpha value is -0.730. The third-order valence-corrected chi connectivity index (χ3v) is 3.37. The highest BCUT2D eigenvalue weighted by Crippen LogP contribution is 2.33. The van der Waals surface area contributed by atoms with Crippen LogP contribution in [0.25, 0.3) is 0 Å². The second-order valence-corrected chi connectivity index (χ2v) is 4.51. The van der Waals surface area contributed by atoms with Gasteiger partial charge >= 0.3 is 0 Å². The van der Waals surface area contributed by atoms with Gasteiger partial charge in [0.1, 0.15) is 0 Å². The van der Waals surface area contributed by atoms with E-state index in [0.717, 1.165) is 12.1 Å². The molecule has 1 aliphatic rings. The minimum absolute atomic E-state index is 0.233. The lowest BCUT2D eigenvalue weighted by atomic mass is 9.91. The van der Waals surface area contributed by atoms with Gasteiger partial charge in [-0.1, -0.05) is 18.6 Å². The zero-order chi connectivity index (χ0) is 11.4. The van der Waals surface area contributed by atoms with Crippen molar-refractivity contribution < 1.29 is 4.42 Å². The fraction of sp³-hybridized carbons (Fsp3) is 0.538. The van der Waals surface area contributed by atoms with Crippen LogP contribution >= 0.6 is 11.6 Å². The Kier molecular flexibility index (Phi) is 4.08. The maximum Gasteiger partial charge on any atom is 0.198 e. The van der Waals surface area contributed by atoms with E-state index in [-0.39, 0.29) is 6.04 Å². The first-order chi connectivity index (χ1) is 7.83. The molecule has 0 aromatic carbocycles. The first-order valence-electron chi connectivity index (χ1n) is 5.98. The van der Waals surface area contributed by atoms with Crippen molar-refractivity contribution in [1.29, 1.82) is 0 Å². The SMILES string of the molecule is CCNC(C1=CCCCC1)c1ccoc1Cl. The number of allylic oxidation sites excluding steroid dienone is 1. The van der Waals surface area contributed by atoms with Crippen molar-refractivity contribution >= 4 is 11.6 Å². The van der Waals surface area contributed by atoms with E-state index in [1.807, 2.05) is 6.07 Å². The fourth-order valence-corrected chi connectivity index (χ4v) is 2.50. The molecule has 0 amide bonds. The maximum atomic E-state index is 6.06. The summed E-state index contributed by atoms with van der Waals surface area (Å²) in [7, 11) is 0. The zero-order valence-electron chi connectivity index (χ0n) is 9.63. The predicted octanol–water partition coefficient (Wildman–Crippen LogP) is 4.08. The van der Waals surface area contributed by atoms with Gasteiger partial charge in [0.05, 0.1) is 12.3 Å². The molecule has 2 rings (SSSR count). The molecule has 2 nitrogen and oxygen atoms in total. The maximum absolute atomic E-state index is 6.06. The quantitative estimate of drug-likeness (QED) is 0.801. The summed E-state index contributed by atoms with van der Waals surface area (Å²) in [4.78, 5) is 0. The number of hydrogen-bond donors (Lipinski definition) is 1. The van der Waals surface area contributed by atoms with Crippen molar-refractivity contribution in [2.75, 3.05) is 6.54 Å². The van der Waals surface area contributed by atoms with Gasteiger partial charge in [-0.2, -0.15) is 0 Å². The molecule has 1 N–H and O–H groups in total. The van der Waals surface area contributed by atoms with Gasteiger partial charge in [-0.3, -0.25) is 0 Å². The summed E-state index contributed by atoms with van der Waals surface area (Å²) in [5.74, 6) is 0. The molecular formula is C13H18ClNO. The van der Waals surface area contributed by atoms with Crippen LogP contribution in [0.4, 0.5) is 0 Å². The van der Waals surface area contributed by atoms with E-state index in [2.05, 4.69) is 18.3 Å². The molecule has 0 radical (unpaired) electrons. The highest BCUT2D eigenvalue weighted by atomic mass is 35.5. The molecule has 1 atom stereocenters. The highest BCUT2D eigenvalue weighted by molar-refractivity contribution is 6.29. The molecule has 0 spiro atoms. The molecule has 0 saturated heterocycles. The van der Waals surface area contributed by atoms with E-state index < -0.39 is 0 Å². The lowest BCUT2D eigenvalue weighted by molar-refractivity contribution is 0.538. The summed E-state index contributed by atoms with van der Waals surface area (Å²) in [5, 5.41) is 3.99. The van der Waals surface area contributed by atoms with Crippen LogP contribution < -0.4 is 5.32 Å². The summed E-state index contributed by atoms with van der Waals surface area (Å²) in [6.45, 7) is 3.05. The molecule has 0 bridgehead atoms. The largest absolute Gasteiger partial charge is 0.453 e. The minimum atomic E-state index is 0.233. The molecule has 16 heavy (non-hydrogen) atoms. The van der Waals surface area contributed by atoms with E-state index in [1.165, 1.54) is 31.3 Å². The van der Waals surface area contributed by atoms with Gasteiger partial charge in [-0.05, 0) is 49.9 Å². The number of rotatable bonds is 4. The van der Waals surface area contributed by atoms with Gasteiger partial charge < -0.3 is 9.73 Å². The Balaban J connectivity index is 2.23. The second-order valence-electron chi connectivity index (χ2n) is 4.17. The standard InChI is InChI=1S/C13H18ClNO/c1-2-15-12(10-6-4-3-5-7-10)11-8-9-16-13(11)14/h6,8-9,12,15H,2-5,7H2,1H3. The molecule has 0 saturated carbocycles. The molecule has 1 aliphatic carbocycles. The lowest BCUT2D eigenvalue weighted by Crippen LogP contribution is -2.23. The van der Waals surface area contributed by atoms with Crippen LogP contribution in [0.5, 0.6) is 0 Å². The number of furan rings is 1. The van der Waals surface area contributed by atoms with Crippen molar-refractivity contribution in [3.05, 3.63) is 34.8 Å². The van der Waals surface area contributed by atoms with Crippen LogP contribution in [0.1, 0.15) is 44.2 Å². The Bertz CT molecular complexity index is 370. The Morgan fingerprint density at radius 3 is 2.94 bits per heavy atom. The van der Waals surface area contributed by atoms with Crippen LogP contribution in [0.3, 0.4) is 0 Å². The third-order valence-electron chi connectivity index (χ3n) is 3.06. The molecule has 1 unspecified atom stereocenters. The van der Waals surface area contributed by atoms with Crippen LogP contribution in [0.2, 0.25) is 5.22 Å². The minimum Gasteiger partial charge on any atom is -0.453 e. The van der Waals surface area contributed by atoms with Gasteiger partial charge in [0.2, 0.25) is 0 Å². The van der Waals surface area contributed by atoms with Crippen LogP contribution in [-0.4, -0.2) is 6.54 Å². The lowest BCUT2D eigenvalue weighted by Gasteiger charge is -2.23. The van der Waals surface area contributed by atoms with E-state index in [4.69, 9.17) is 16.0 Å². The summed E-state index contributed by atoms with van der Waals surface area (Å²) in [6.07, 6.45) is 8.95. The van der Waals surface area contributed by atoms with Gasteiger partial charge in [0.15, 0.2) is 5.22 Å². The summed E-state index contributed by atoms with van der Waals surface area (Å²) < 4.78 is 5.18. The molecule has 1 aromatic heterocycles. The average Bonchev–Trinajstić information content (AvgIpc) is 2.73. The molecule has 1 aromatic rings. The molecular weight excluding hydrogens is 222 g/mol. The monoisotopic (exact) mass is 239 g/mol. The predicted molar refractivity (Wildman–Crippen MR) is 66.7 cm³/mol. The summed E-state index contributed by atoms with van der Waals surface area (Å²) in [6, 6.07) is 2.20. The Morgan fingerprint density at radius 2 is 2.38 bits per heavy atom. The van der Waals surface area contributed by atoms with Crippen molar-refractivity contribution in [3.63, 3.8) is 0 Å². The summed E-state index contributed by atoms with van der Waals surface area (Å²) in [5.41, 5.74) is 2.52. The van der Waals surface area contributed by atoms with E-state index in [1.54, 1.807) is 6.26 Å². The van der Waals surface area contributed by atoms with Crippen molar-refractivity contribution in [3.8, 4) is 0 Å². The average molecular weight is 240 g/mol. The smallest absolute Gasteiger partial charge is 0.198 e. The number of halogens is 1. The first kappa shape index (κ1) is 11.7. The number of likely N-dealkylation sites (N-methyl/N-ethyl adjacent to an activating group) is 1. The van der Waals surface area contributed by atoms with Crippen molar-refractivity contribution in [2.45, 2.75) is 38.6 Å². The Morgan fingerprint density at radius 1 is 1.50 bits per heavy atom. The fourth-order valence-electron chi connectivity index (χ4n) is 2.28. The topological polar surface area (TPSA) is 25.2 Å².